The molecule has 214 valence electrons. The number of nitrogens with zero attached hydrogens (tertiary/aromatic N) is 2. The lowest BCUT2D eigenvalue weighted by molar-refractivity contribution is 0.0982. The normalized spacial score (nSPS) is 22.4. The molecule has 1 saturated heterocycles. The van der Waals surface area contributed by atoms with Gasteiger partial charge in [0.15, 0.2) is 0 Å². The quantitative estimate of drug-likeness (QED) is 0.357. The van der Waals surface area contributed by atoms with Crippen LogP contribution >= 0.6 is 11.6 Å². The maximum atomic E-state index is 14.0. The van der Waals surface area contributed by atoms with Crippen LogP contribution in [0.1, 0.15) is 64.8 Å². The molecule has 3 aliphatic rings. The molecule has 1 unspecified atom stereocenters. The van der Waals surface area contributed by atoms with Gasteiger partial charge >= 0.3 is 0 Å². The largest absolute Gasteiger partial charge is 0.495 e. The van der Waals surface area contributed by atoms with Crippen LogP contribution in [-0.4, -0.2) is 49.5 Å². The molecule has 2 heterocycles. The van der Waals surface area contributed by atoms with Crippen LogP contribution in [0, 0.1) is 11.2 Å². The molecule has 1 N–H and O–H groups in total. The van der Waals surface area contributed by atoms with Gasteiger partial charge in [0, 0.05) is 23.8 Å². The third-order valence-electron chi connectivity index (χ3n) is 9.16. The topological polar surface area (TPSA) is 61.9 Å². The number of methoxy groups -OCH3 is 1. The first-order chi connectivity index (χ1) is 19.9. The zero-order valence-corrected chi connectivity index (χ0v) is 24.1. The van der Waals surface area contributed by atoms with Crippen LogP contribution in [0.15, 0.2) is 60.7 Å². The van der Waals surface area contributed by atoms with Crippen LogP contribution in [0.4, 0.5) is 15.8 Å². The van der Waals surface area contributed by atoms with Gasteiger partial charge in [-0.25, -0.2) is 4.39 Å². The summed E-state index contributed by atoms with van der Waals surface area (Å²) in [4.78, 5) is 31.4. The van der Waals surface area contributed by atoms with E-state index in [-0.39, 0.29) is 21.9 Å². The van der Waals surface area contributed by atoms with Crippen molar-refractivity contribution in [2.75, 3.05) is 37.0 Å². The van der Waals surface area contributed by atoms with Gasteiger partial charge in [-0.1, -0.05) is 29.8 Å². The second-order valence-electron chi connectivity index (χ2n) is 11.6. The second-order valence-corrected chi connectivity index (χ2v) is 12.1. The Morgan fingerprint density at radius 1 is 1.02 bits per heavy atom. The molecule has 0 bridgehead atoms. The molecule has 2 atom stereocenters. The van der Waals surface area contributed by atoms with Crippen molar-refractivity contribution >= 4 is 34.8 Å². The maximum absolute atomic E-state index is 14.0. The average Bonchev–Trinajstić information content (AvgIpc) is 3.63. The molecule has 2 fully saturated rings. The molecule has 1 saturated carbocycles. The number of benzene rings is 3. The number of amides is 2. The molecule has 6 rings (SSSR count). The summed E-state index contributed by atoms with van der Waals surface area (Å²) in [6.07, 6.45) is 8.20. The van der Waals surface area contributed by atoms with E-state index in [0.29, 0.717) is 29.6 Å². The van der Waals surface area contributed by atoms with E-state index >= 15 is 0 Å². The zero-order chi connectivity index (χ0) is 28.6. The van der Waals surface area contributed by atoms with E-state index in [2.05, 4.69) is 22.3 Å². The number of fused-ring (bicyclic) bond motifs is 1. The van der Waals surface area contributed by atoms with Crippen molar-refractivity contribution in [1.29, 1.82) is 0 Å². The van der Waals surface area contributed by atoms with Gasteiger partial charge in [0.05, 0.1) is 23.4 Å². The lowest BCUT2D eigenvalue weighted by atomic mass is 9.77. The van der Waals surface area contributed by atoms with E-state index in [1.807, 2.05) is 17.0 Å². The first-order valence-corrected chi connectivity index (χ1v) is 14.8. The van der Waals surface area contributed by atoms with E-state index in [9.17, 15) is 14.0 Å². The smallest absolute Gasteiger partial charge is 0.258 e. The third kappa shape index (κ3) is 5.57. The monoisotopic (exact) mass is 575 g/mol. The van der Waals surface area contributed by atoms with Gasteiger partial charge in [-0.3, -0.25) is 9.59 Å². The summed E-state index contributed by atoms with van der Waals surface area (Å²) in [5.41, 5.74) is 3.25. The summed E-state index contributed by atoms with van der Waals surface area (Å²) in [6.45, 7) is 3.09. The van der Waals surface area contributed by atoms with Gasteiger partial charge in [-0.2, -0.15) is 0 Å². The number of hydrogen-bond donors (Lipinski definition) is 1. The molecule has 8 heteroatoms. The molecule has 1 aliphatic carbocycles. The molecule has 1 spiro atoms. The van der Waals surface area contributed by atoms with E-state index in [0.717, 1.165) is 24.6 Å². The number of carbonyl (C=O) groups excluding carboxylic acids is 2. The predicted molar refractivity (Wildman–Crippen MR) is 160 cm³/mol. The fourth-order valence-electron chi connectivity index (χ4n) is 7.02. The summed E-state index contributed by atoms with van der Waals surface area (Å²) in [5.74, 6) is -0.896. The first-order valence-electron chi connectivity index (χ1n) is 14.4. The Morgan fingerprint density at radius 2 is 1.83 bits per heavy atom. The van der Waals surface area contributed by atoms with Crippen molar-refractivity contribution in [2.24, 2.45) is 5.41 Å². The predicted octanol–water partition coefficient (Wildman–Crippen LogP) is 6.97. The lowest BCUT2D eigenvalue weighted by Crippen LogP contribution is -2.34. The number of ether oxygens (including phenoxy) is 1. The summed E-state index contributed by atoms with van der Waals surface area (Å²) in [6, 6.07) is 17.5. The lowest BCUT2D eigenvalue weighted by Gasteiger charge is -2.30. The van der Waals surface area contributed by atoms with E-state index in [1.54, 1.807) is 18.2 Å². The van der Waals surface area contributed by atoms with Crippen LogP contribution in [0.2, 0.25) is 5.02 Å². The fraction of sp³-hybridized carbons (Fsp3) is 0.394. The number of para-hydroxylation sites is 1. The van der Waals surface area contributed by atoms with Crippen molar-refractivity contribution in [3.05, 3.63) is 88.2 Å². The van der Waals surface area contributed by atoms with Crippen LogP contribution in [0.25, 0.3) is 0 Å². The first kappa shape index (κ1) is 27.7. The number of hydrogen-bond acceptors (Lipinski definition) is 4. The Balaban J connectivity index is 1.23. The van der Waals surface area contributed by atoms with Gasteiger partial charge < -0.3 is 19.9 Å². The minimum absolute atomic E-state index is 0.0165. The van der Waals surface area contributed by atoms with Crippen LogP contribution < -0.4 is 15.0 Å². The standard InChI is InChI=1S/C33H35ClFN3O3/c1-41-30-18-22(8-11-28(30)36-31(39)26-19-24(35)9-10-27(26)34)32(40)38-17-14-33(20-23-6-2-3-7-29(23)38)13-12-25(21-33)37-15-4-5-16-37/h2-3,6-11,18-19,25H,4-5,12-17,20-21H2,1H3,(H,36,39)/t25?,33-/m0/s1. The third-order valence-corrected chi connectivity index (χ3v) is 9.49. The molecule has 0 aromatic heterocycles. The van der Waals surface area contributed by atoms with Crippen LogP contribution in [0.5, 0.6) is 5.75 Å². The second kappa shape index (κ2) is 11.5. The van der Waals surface area contributed by atoms with Gasteiger partial charge in [0.1, 0.15) is 11.6 Å². The van der Waals surface area contributed by atoms with Crippen molar-refractivity contribution in [3.8, 4) is 5.75 Å². The van der Waals surface area contributed by atoms with Gasteiger partial charge in [-0.15, -0.1) is 0 Å². The fourth-order valence-corrected chi connectivity index (χ4v) is 7.23. The highest BCUT2D eigenvalue weighted by Gasteiger charge is 2.44. The molecule has 3 aromatic carbocycles. The SMILES string of the molecule is COc1cc(C(=O)N2CC[C@@]3(CCC(N4CCCC4)C3)Cc3ccccc32)ccc1NC(=O)c1cc(F)ccc1Cl. The number of rotatable bonds is 5. The average molecular weight is 576 g/mol. The van der Waals surface area contributed by atoms with Crippen molar-refractivity contribution < 1.29 is 18.7 Å². The van der Waals surface area contributed by atoms with Crippen molar-refractivity contribution in [2.45, 2.75) is 51.0 Å². The number of nitrogens with one attached hydrogen (secondary N) is 1. The summed E-state index contributed by atoms with van der Waals surface area (Å²) >= 11 is 6.11. The molecule has 3 aromatic rings. The molecule has 6 nitrogen and oxygen atoms in total. The van der Waals surface area contributed by atoms with Crippen molar-refractivity contribution in [3.63, 3.8) is 0 Å². The minimum Gasteiger partial charge on any atom is -0.495 e. The van der Waals surface area contributed by atoms with Crippen molar-refractivity contribution in [1.82, 2.24) is 4.90 Å². The van der Waals surface area contributed by atoms with Crippen LogP contribution in [0.3, 0.4) is 0 Å². The highest BCUT2D eigenvalue weighted by molar-refractivity contribution is 6.34. The Bertz CT molecular complexity index is 1470. The molecule has 2 amide bonds. The number of likely N-dealkylation sites (tertiary alicyclic amines) is 1. The van der Waals surface area contributed by atoms with E-state index < -0.39 is 11.7 Å². The molecule has 2 aliphatic heterocycles. The Hall–Kier alpha value is -3.42. The van der Waals surface area contributed by atoms with Gasteiger partial charge in [0.2, 0.25) is 0 Å². The van der Waals surface area contributed by atoms with Gasteiger partial charge in [0.25, 0.3) is 11.8 Å². The maximum Gasteiger partial charge on any atom is 0.258 e. The Kier molecular flexibility index (Phi) is 7.75. The number of carbonyl (C=O) groups is 2. The zero-order valence-electron chi connectivity index (χ0n) is 23.3. The molecule has 0 radical (unpaired) electrons. The molecular formula is C33H35ClFN3O3. The van der Waals surface area contributed by atoms with E-state index in [4.69, 9.17) is 16.3 Å². The van der Waals surface area contributed by atoms with E-state index in [1.165, 1.54) is 70.0 Å². The summed E-state index contributed by atoms with van der Waals surface area (Å²) in [5, 5.41) is 2.87. The highest BCUT2D eigenvalue weighted by atomic mass is 35.5. The number of anilines is 2. The highest BCUT2D eigenvalue weighted by Crippen LogP contribution is 2.49. The minimum atomic E-state index is -0.567. The molecule has 41 heavy (non-hydrogen) atoms. The summed E-state index contributed by atoms with van der Waals surface area (Å²) in [7, 11) is 1.48. The number of halogens is 2. The summed E-state index contributed by atoms with van der Waals surface area (Å²) < 4.78 is 19.3. The Labute approximate surface area is 245 Å². The molecular weight excluding hydrogens is 541 g/mol. The Morgan fingerprint density at radius 3 is 2.63 bits per heavy atom. The van der Waals surface area contributed by atoms with Gasteiger partial charge in [-0.05, 0) is 111 Å². The van der Waals surface area contributed by atoms with Crippen LogP contribution in [-0.2, 0) is 6.42 Å².